The first kappa shape index (κ1) is 17.8. The van der Waals surface area contributed by atoms with Gasteiger partial charge in [0.1, 0.15) is 0 Å². The summed E-state index contributed by atoms with van der Waals surface area (Å²) in [4.78, 5) is 11.0. The van der Waals surface area contributed by atoms with Crippen molar-refractivity contribution in [2.45, 2.75) is 25.1 Å². The van der Waals surface area contributed by atoms with Gasteiger partial charge in [-0.3, -0.25) is 0 Å². The van der Waals surface area contributed by atoms with Gasteiger partial charge in [0, 0.05) is 18.8 Å². The van der Waals surface area contributed by atoms with Crippen LogP contribution in [0.4, 0.5) is 10.5 Å². The summed E-state index contributed by atoms with van der Waals surface area (Å²) >= 11 is 0. The largest absolute Gasteiger partial charge is 0.465 e. The maximum absolute atomic E-state index is 11.0. The van der Waals surface area contributed by atoms with Gasteiger partial charge in [0.05, 0.1) is 12.1 Å². The van der Waals surface area contributed by atoms with Crippen molar-refractivity contribution < 1.29 is 15.0 Å². The molecule has 0 saturated carbocycles. The Kier molecular flexibility index (Phi) is 6.60. The molecule has 0 heterocycles. The standard InChI is InChI=1S/C18H23N3O3/c19-15-9-5-4-8-14(15)11-20-12-17(22)16(21-18(23)24)10-13-6-2-1-3-7-13/h1-9,16-17,20-22H,10-12,19H2,(H,23,24)/t16-,17-/m0/s1. The first-order valence-electron chi connectivity index (χ1n) is 7.82. The van der Waals surface area contributed by atoms with Gasteiger partial charge in [-0.1, -0.05) is 48.5 Å². The molecule has 0 saturated heterocycles. The van der Waals surface area contributed by atoms with Gasteiger partial charge in [0.15, 0.2) is 0 Å². The maximum Gasteiger partial charge on any atom is 0.404 e. The average molecular weight is 329 g/mol. The molecule has 0 aliphatic heterocycles. The number of benzene rings is 2. The van der Waals surface area contributed by atoms with Gasteiger partial charge in [0.2, 0.25) is 0 Å². The third-order valence-corrected chi connectivity index (χ3v) is 3.80. The van der Waals surface area contributed by atoms with Crippen LogP contribution in [0.3, 0.4) is 0 Å². The number of aliphatic hydroxyl groups is 1. The minimum Gasteiger partial charge on any atom is -0.465 e. The van der Waals surface area contributed by atoms with E-state index < -0.39 is 18.2 Å². The number of anilines is 1. The fourth-order valence-electron chi connectivity index (χ4n) is 2.50. The molecule has 0 spiro atoms. The zero-order valence-electron chi connectivity index (χ0n) is 13.4. The number of nitrogens with one attached hydrogen (secondary N) is 2. The Morgan fingerprint density at radius 2 is 1.75 bits per heavy atom. The highest BCUT2D eigenvalue weighted by Gasteiger charge is 2.21. The highest BCUT2D eigenvalue weighted by Crippen LogP contribution is 2.10. The third kappa shape index (κ3) is 5.57. The second-order valence-corrected chi connectivity index (χ2v) is 5.64. The molecule has 0 radical (unpaired) electrons. The number of rotatable bonds is 8. The molecule has 6 nitrogen and oxygen atoms in total. The molecule has 128 valence electrons. The van der Waals surface area contributed by atoms with Crippen LogP contribution in [0.2, 0.25) is 0 Å². The topological polar surface area (TPSA) is 108 Å². The van der Waals surface area contributed by atoms with Crippen molar-refractivity contribution in [2.24, 2.45) is 0 Å². The van der Waals surface area contributed by atoms with Crippen LogP contribution in [0.1, 0.15) is 11.1 Å². The molecule has 0 aliphatic carbocycles. The van der Waals surface area contributed by atoms with Crippen molar-refractivity contribution >= 4 is 11.8 Å². The lowest BCUT2D eigenvalue weighted by Crippen LogP contribution is -2.48. The quantitative estimate of drug-likeness (QED) is 0.473. The predicted molar refractivity (Wildman–Crippen MR) is 93.7 cm³/mol. The summed E-state index contributed by atoms with van der Waals surface area (Å²) < 4.78 is 0. The predicted octanol–water partition coefficient (Wildman–Crippen LogP) is 1.60. The van der Waals surface area contributed by atoms with Crippen LogP contribution < -0.4 is 16.4 Å². The van der Waals surface area contributed by atoms with E-state index in [0.29, 0.717) is 18.7 Å². The summed E-state index contributed by atoms with van der Waals surface area (Å²) in [6, 6.07) is 16.4. The van der Waals surface area contributed by atoms with E-state index in [1.807, 2.05) is 54.6 Å². The smallest absolute Gasteiger partial charge is 0.404 e. The number of aliphatic hydroxyl groups excluding tert-OH is 1. The Morgan fingerprint density at radius 1 is 1.08 bits per heavy atom. The molecular formula is C18H23N3O3. The second-order valence-electron chi connectivity index (χ2n) is 5.64. The number of carbonyl (C=O) groups is 1. The minimum absolute atomic E-state index is 0.256. The third-order valence-electron chi connectivity index (χ3n) is 3.80. The normalized spacial score (nSPS) is 13.2. The molecule has 2 aromatic rings. The Bertz CT molecular complexity index is 649. The number of carboxylic acid groups (broad SMARTS) is 1. The van der Waals surface area contributed by atoms with E-state index in [4.69, 9.17) is 10.8 Å². The molecule has 24 heavy (non-hydrogen) atoms. The Morgan fingerprint density at radius 3 is 2.42 bits per heavy atom. The average Bonchev–Trinajstić information content (AvgIpc) is 2.56. The van der Waals surface area contributed by atoms with E-state index >= 15 is 0 Å². The van der Waals surface area contributed by atoms with E-state index in [-0.39, 0.29) is 6.54 Å². The van der Waals surface area contributed by atoms with Crippen LogP contribution in [0.25, 0.3) is 0 Å². The SMILES string of the molecule is Nc1ccccc1CNC[C@H](O)[C@H](Cc1ccccc1)NC(=O)O. The first-order valence-corrected chi connectivity index (χ1v) is 7.82. The lowest BCUT2D eigenvalue weighted by atomic mass is 10.0. The van der Waals surface area contributed by atoms with Gasteiger partial charge in [-0.2, -0.15) is 0 Å². The molecule has 2 rings (SSSR count). The van der Waals surface area contributed by atoms with E-state index in [0.717, 1.165) is 11.1 Å². The summed E-state index contributed by atoms with van der Waals surface area (Å²) in [6.07, 6.45) is -1.59. The molecule has 1 amide bonds. The number of hydrogen-bond acceptors (Lipinski definition) is 4. The molecule has 6 heteroatoms. The summed E-state index contributed by atoms with van der Waals surface area (Å²) in [7, 11) is 0. The summed E-state index contributed by atoms with van der Waals surface area (Å²) in [5.41, 5.74) is 8.46. The molecule has 0 unspecified atom stereocenters. The van der Waals surface area contributed by atoms with E-state index in [2.05, 4.69) is 10.6 Å². The van der Waals surface area contributed by atoms with Gasteiger partial charge in [0.25, 0.3) is 0 Å². The van der Waals surface area contributed by atoms with Crippen molar-refractivity contribution in [2.75, 3.05) is 12.3 Å². The summed E-state index contributed by atoms with van der Waals surface area (Å²) in [5, 5.41) is 24.8. The fraction of sp³-hybridized carbons (Fsp3) is 0.278. The molecule has 0 fully saturated rings. The zero-order chi connectivity index (χ0) is 17.4. The zero-order valence-corrected chi connectivity index (χ0v) is 13.4. The number of nitrogens with two attached hydrogens (primary N) is 1. The molecule has 0 aliphatic rings. The molecule has 2 aromatic carbocycles. The Labute approximate surface area is 141 Å². The number of hydrogen-bond donors (Lipinski definition) is 5. The van der Waals surface area contributed by atoms with E-state index in [1.54, 1.807) is 0 Å². The van der Waals surface area contributed by atoms with Crippen molar-refractivity contribution in [3.05, 3.63) is 65.7 Å². The lowest BCUT2D eigenvalue weighted by molar-refractivity contribution is 0.117. The number of para-hydroxylation sites is 1. The molecule has 0 aromatic heterocycles. The first-order chi connectivity index (χ1) is 11.6. The monoisotopic (exact) mass is 329 g/mol. The number of amides is 1. The fourth-order valence-corrected chi connectivity index (χ4v) is 2.50. The number of nitrogen functional groups attached to an aromatic ring is 1. The maximum atomic E-state index is 11.0. The summed E-state index contributed by atoms with van der Waals surface area (Å²) in [5.74, 6) is 0. The minimum atomic E-state index is -1.15. The van der Waals surface area contributed by atoms with Crippen molar-refractivity contribution in [3.8, 4) is 0 Å². The van der Waals surface area contributed by atoms with Gasteiger partial charge >= 0.3 is 6.09 Å². The molecule has 2 atom stereocenters. The van der Waals surface area contributed by atoms with E-state index in [1.165, 1.54) is 0 Å². The van der Waals surface area contributed by atoms with E-state index in [9.17, 15) is 9.90 Å². The van der Waals surface area contributed by atoms with Crippen LogP contribution in [-0.2, 0) is 13.0 Å². The highest BCUT2D eigenvalue weighted by molar-refractivity contribution is 5.65. The van der Waals surface area contributed by atoms with Crippen molar-refractivity contribution in [1.29, 1.82) is 0 Å². The molecule has 6 N–H and O–H groups in total. The lowest BCUT2D eigenvalue weighted by Gasteiger charge is -2.23. The van der Waals surface area contributed by atoms with Crippen molar-refractivity contribution in [1.82, 2.24) is 10.6 Å². The van der Waals surface area contributed by atoms with Gasteiger partial charge in [-0.25, -0.2) is 4.79 Å². The van der Waals surface area contributed by atoms with Crippen LogP contribution in [0, 0.1) is 0 Å². The molecule has 0 bridgehead atoms. The second kappa shape index (κ2) is 8.90. The summed E-state index contributed by atoms with van der Waals surface area (Å²) in [6.45, 7) is 0.765. The van der Waals surface area contributed by atoms with Crippen molar-refractivity contribution in [3.63, 3.8) is 0 Å². The van der Waals surface area contributed by atoms with Gasteiger partial charge in [-0.15, -0.1) is 0 Å². The Hall–Kier alpha value is -2.57. The van der Waals surface area contributed by atoms with Crippen LogP contribution in [0.5, 0.6) is 0 Å². The van der Waals surface area contributed by atoms with Gasteiger partial charge < -0.3 is 26.6 Å². The Balaban J connectivity index is 1.91. The van der Waals surface area contributed by atoms with Crippen LogP contribution in [-0.4, -0.2) is 35.0 Å². The van der Waals surface area contributed by atoms with Crippen LogP contribution in [0.15, 0.2) is 54.6 Å². The van der Waals surface area contributed by atoms with Gasteiger partial charge in [-0.05, 0) is 23.6 Å². The molecular weight excluding hydrogens is 306 g/mol. The van der Waals surface area contributed by atoms with Crippen LogP contribution >= 0.6 is 0 Å². The highest BCUT2D eigenvalue weighted by atomic mass is 16.4.